The lowest BCUT2D eigenvalue weighted by molar-refractivity contribution is -0.137. The van der Waals surface area contributed by atoms with Crippen molar-refractivity contribution in [2.45, 2.75) is 6.18 Å². The zero-order chi connectivity index (χ0) is 21.6. The minimum atomic E-state index is -4.42. The van der Waals surface area contributed by atoms with Gasteiger partial charge in [0.25, 0.3) is 5.89 Å². The molecule has 0 aliphatic carbocycles. The van der Waals surface area contributed by atoms with Crippen molar-refractivity contribution in [3.8, 4) is 34.2 Å². The highest BCUT2D eigenvalue weighted by Gasteiger charge is 2.30. The van der Waals surface area contributed by atoms with E-state index in [9.17, 15) is 17.6 Å². The van der Waals surface area contributed by atoms with E-state index in [1.54, 1.807) is 36.4 Å². The van der Waals surface area contributed by atoms with Gasteiger partial charge in [0.15, 0.2) is 0 Å². The maximum Gasteiger partial charge on any atom is 0.416 e. The average Bonchev–Trinajstić information content (AvgIpc) is 3.41. The molecule has 2 aromatic heterocycles. The van der Waals surface area contributed by atoms with E-state index in [1.807, 2.05) is 0 Å². The fourth-order valence-electron chi connectivity index (χ4n) is 3.15. The fourth-order valence-corrected chi connectivity index (χ4v) is 3.15. The second-order valence-electron chi connectivity index (χ2n) is 6.82. The van der Waals surface area contributed by atoms with Gasteiger partial charge in [0.1, 0.15) is 11.6 Å². The van der Waals surface area contributed by atoms with Crippen LogP contribution in [0.25, 0.3) is 45.3 Å². The molecule has 0 aliphatic rings. The topological polar surface area (TPSA) is 67.6 Å². The van der Waals surface area contributed by atoms with Gasteiger partial charge >= 0.3 is 6.18 Å². The lowest BCUT2D eigenvalue weighted by Crippen LogP contribution is -2.04. The van der Waals surface area contributed by atoms with Crippen molar-refractivity contribution in [2.24, 2.45) is 0 Å². The number of H-pyrrole nitrogens is 1. The highest BCUT2D eigenvalue weighted by atomic mass is 19.4. The predicted octanol–water partition coefficient (Wildman–Crippen LogP) is 6.10. The smallest absolute Gasteiger partial charge is 0.338 e. The second kappa shape index (κ2) is 7.05. The number of hydrogen-bond donors (Lipinski definition) is 1. The summed E-state index contributed by atoms with van der Waals surface area (Å²) in [7, 11) is 0. The van der Waals surface area contributed by atoms with Crippen LogP contribution in [0.15, 0.2) is 71.3 Å². The third-order valence-electron chi connectivity index (χ3n) is 4.74. The van der Waals surface area contributed by atoms with Crippen molar-refractivity contribution in [1.29, 1.82) is 0 Å². The van der Waals surface area contributed by atoms with E-state index in [-0.39, 0.29) is 17.2 Å². The lowest BCUT2D eigenvalue weighted by Gasteiger charge is -2.04. The van der Waals surface area contributed by atoms with E-state index in [0.717, 1.165) is 12.1 Å². The maximum atomic E-state index is 13.1. The van der Waals surface area contributed by atoms with E-state index in [1.165, 1.54) is 18.2 Å². The zero-order valence-corrected chi connectivity index (χ0v) is 15.6. The van der Waals surface area contributed by atoms with E-state index in [2.05, 4.69) is 20.1 Å². The Morgan fingerprint density at radius 3 is 2.16 bits per heavy atom. The first-order chi connectivity index (χ1) is 14.9. The number of aromatic amines is 1. The van der Waals surface area contributed by atoms with Crippen molar-refractivity contribution in [1.82, 2.24) is 20.1 Å². The zero-order valence-electron chi connectivity index (χ0n) is 15.6. The molecule has 1 N–H and O–H groups in total. The van der Waals surface area contributed by atoms with Crippen LogP contribution in [0.5, 0.6) is 0 Å². The van der Waals surface area contributed by atoms with Gasteiger partial charge in [0.2, 0.25) is 5.82 Å². The number of imidazole rings is 1. The molecule has 9 heteroatoms. The van der Waals surface area contributed by atoms with Gasteiger partial charge in [-0.1, -0.05) is 29.4 Å². The number of alkyl halides is 3. The van der Waals surface area contributed by atoms with Crippen LogP contribution in [0, 0.1) is 5.82 Å². The van der Waals surface area contributed by atoms with Crippen molar-refractivity contribution in [3.05, 3.63) is 78.1 Å². The lowest BCUT2D eigenvalue weighted by atomic mass is 10.1. The van der Waals surface area contributed by atoms with Crippen molar-refractivity contribution < 1.29 is 22.1 Å². The van der Waals surface area contributed by atoms with Gasteiger partial charge in [-0.15, -0.1) is 0 Å². The molecule has 0 unspecified atom stereocenters. The normalized spacial score (nSPS) is 11.9. The molecule has 5 nitrogen and oxygen atoms in total. The third kappa shape index (κ3) is 3.65. The van der Waals surface area contributed by atoms with Crippen LogP contribution in [0.2, 0.25) is 0 Å². The Balaban J connectivity index is 1.42. The molecule has 0 atom stereocenters. The minimum Gasteiger partial charge on any atom is -0.338 e. The van der Waals surface area contributed by atoms with Gasteiger partial charge in [0, 0.05) is 16.7 Å². The number of benzene rings is 3. The Labute approximate surface area is 172 Å². The first kappa shape index (κ1) is 19.0. The number of nitrogens with one attached hydrogen (secondary N) is 1. The average molecular weight is 424 g/mol. The SMILES string of the molecule is Fc1ccc(-c2nc(-c3ccc(-c4nc5cc(C(F)(F)F)ccc5[nH]4)cc3)no2)cc1. The monoisotopic (exact) mass is 424 g/mol. The summed E-state index contributed by atoms with van der Waals surface area (Å²) in [5, 5.41) is 3.95. The van der Waals surface area contributed by atoms with Gasteiger partial charge in [-0.2, -0.15) is 18.2 Å². The first-order valence-electron chi connectivity index (χ1n) is 9.14. The number of aromatic nitrogens is 4. The molecule has 0 amide bonds. The summed E-state index contributed by atoms with van der Waals surface area (Å²) in [6.45, 7) is 0. The van der Waals surface area contributed by atoms with Gasteiger partial charge < -0.3 is 9.51 Å². The van der Waals surface area contributed by atoms with Gasteiger partial charge in [0.05, 0.1) is 16.6 Å². The summed E-state index contributed by atoms with van der Waals surface area (Å²) in [5.41, 5.74) is 1.96. The van der Waals surface area contributed by atoms with Crippen LogP contribution in [-0.2, 0) is 6.18 Å². The fraction of sp³-hybridized carbons (Fsp3) is 0.0455. The quantitative estimate of drug-likeness (QED) is 0.355. The molecule has 0 bridgehead atoms. The number of fused-ring (bicyclic) bond motifs is 1. The molecule has 0 radical (unpaired) electrons. The minimum absolute atomic E-state index is 0.232. The summed E-state index contributed by atoms with van der Waals surface area (Å²) in [5.74, 6) is 0.697. The predicted molar refractivity (Wildman–Crippen MR) is 105 cm³/mol. The summed E-state index contributed by atoms with van der Waals surface area (Å²) in [6, 6.07) is 16.1. The Hall–Kier alpha value is -4.01. The highest BCUT2D eigenvalue weighted by Crippen LogP contribution is 2.32. The van der Waals surface area contributed by atoms with Crippen molar-refractivity contribution >= 4 is 11.0 Å². The van der Waals surface area contributed by atoms with Gasteiger partial charge in [-0.05, 0) is 42.5 Å². The molecular formula is C22H12F4N4O. The van der Waals surface area contributed by atoms with Crippen LogP contribution in [0.1, 0.15) is 5.56 Å². The maximum absolute atomic E-state index is 13.1. The Bertz CT molecular complexity index is 1370. The van der Waals surface area contributed by atoms with Gasteiger partial charge in [-0.25, -0.2) is 9.37 Å². The summed E-state index contributed by atoms with van der Waals surface area (Å²) < 4.78 is 57.0. The molecule has 0 aliphatic heterocycles. The van der Waals surface area contributed by atoms with Crippen LogP contribution in [0.4, 0.5) is 17.6 Å². The van der Waals surface area contributed by atoms with Crippen LogP contribution >= 0.6 is 0 Å². The van der Waals surface area contributed by atoms with Crippen molar-refractivity contribution in [2.75, 3.05) is 0 Å². The molecule has 2 heterocycles. The van der Waals surface area contributed by atoms with Crippen LogP contribution < -0.4 is 0 Å². The largest absolute Gasteiger partial charge is 0.416 e. The molecule has 3 aromatic carbocycles. The number of nitrogens with zero attached hydrogens (tertiary/aromatic N) is 3. The summed E-state index contributed by atoms with van der Waals surface area (Å²) >= 11 is 0. The van der Waals surface area contributed by atoms with Crippen LogP contribution in [0.3, 0.4) is 0 Å². The summed E-state index contributed by atoms with van der Waals surface area (Å²) in [6.07, 6.45) is -4.42. The van der Waals surface area contributed by atoms with Crippen LogP contribution in [-0.4, -0.2) is 20.1 Å². The highest BCUT2D eigenvalue weighted by molar-refractivity contribution is 5.80. The number of rotatable bonds is 3. The van der Waals surface area contributed by atoms with E-state index in [4.69, 9.17) is 4.52 Å². The molecule has 0 saturated carbocycles. The number of hydrogen-bond acceptors (Lipinski definition) is 4. The van der Waals surface area contributed by atoms with Gasteiger partial charge in [-0.3, -0.25) is 0 Å². The molecule has 5 aromatic rings. The Morgan fingerprint density at radius 1 is 0.774 bits per heavy atom. The molecule has 0 saturated heterocycles. The number of halogens is 4. The molecule has 5 rings (SSSR count). The Morgan fingerprint density at radius 2 is 1.45 bits per heavy atom. The summed E-state index contributed by atoms with van der Waals surface area (Å²) in [4.78, 5) is 11.6. The van der Waals surface area contributed by atoms with Crippen molar-refractivity contribution in [3.63, 3.8) is 0 Å². The third-order valence-corrected chi connectivity index (χ3v) is 4.74. The first-order valence-corrected chi connectivity index (χ1v) is 9.14. The van der Waals surface area contributed by atoms with E-state index >= 15 is 0 Å². The second-order valence-corrected chi connectivity index (χ2v) is 6.82. The molecule has 0 fully saturated rings. The van der Waals surface area contributed by atoms with E-state index in [0.29, 0.717) is 33.9 Å². The molecular weight excluding hydrogens is 412 g/mol. The standard InChI is InChI=1S/C22H12F4N4O/c23-16-8-5-14(6-9-16)21-29-20(30-31-21)13-3-1-12(2-4-13)19-27-17-10-7-15(22(24,25)26)11-18(17)28-19/h1-11H,(H,27,28). The Kier molecular flexibility index (Phi) is 4.32. The molecule has 31 heavy (non-hydrogen) atoms. The molecule has 154 valence electrons. The molecule has 0 spiro atoms. The van der Waals surface area contributed by atoms with E-state index < -0.39 is 11.7 Å².